The predicted octanol–water partition coefficient (Wildman–Crippen LogP) is -0.500. The Morgan fingerprint density at radius 3 is 2.64 bits per heavy atom. The van der Waals surface area contributed by atoms with Crippen molar-refractivity contribution in [3.8, 4) is 0 Å². The van der Waals surface area contributed by atoms with Crippen molar-refractivity contribution in [2.24, 2.45) is 5.73 Å². The maximum Gasteiger partial charge on any atom is 0.317 e. The molecule has 82 valence electrons. The number of carbonyl (C=O) groups excluding carboxylic acids is 1. The molecule has 5 heteroatoms. The molecule has 14 heavy (non-hydrogen) atoms. The highest BCUT2D eigenvalue weighted by atomic mass is 16.3. The fourth-order valence-electron chi connectivity index (χ4n) is 1.41. The average Bonchev–Trinajstić information content (AvgIpc) is 2.66. The van der Waals surface area contributed by atoms with Crippen molar-refractivity contribution in [1.82, 2.24) is 10.2 Å². The van der Waals surface area contributed by atoms with Gasteiger partial charge >= 0.3 is 6.03 Å². The van der Waals surface area contributed by atoms with Crippen molar-refractivity contribution >= 4 is 6.03 Å². The second-order valence-corrected chi connectivity index (χ2v) is 3.78. The maximum atomic E-state index is 11.4. The van der Waals surface area contributed by atoms with Gasteiger partial charge in [0.1, 0.15) is 0 Å². The maximum absolute atomic E-state index is 11.4. The minimum Gasteiger partial charge on any atom is -0.392 e. The molecule has 1 aliphatic heterocycles. The Hall–Kier alpha value is -0.810. The molecule has 0 saturated carbocycles. The Morgan fingerprint density at radius 2 is 2.14 bits per heavy atom. The molecule has 0 bridgehead atoms. The number of likely N-dealkylation sites (tertiary alicyclic amines) is 1. The van der Waals surface area contributed by atoms with Crippen LogP contribution in [0, 0.1) is 0 Å². The van der Waals surface area contributed by atoms with Crippen LogP contribution >= 0.6 is 0 Å². The Labute approximate surface area is 84.3 Å². The molecule has 1 saturated heterocycles. The van der Waals surface area contributed by atoms with Crippen molar-refractivity contribution in [3.63, 3.8) is 0 Å². The number of aliphatic hydroxyl groups excluding tert-OH is 1. The van der Waals surface area contributed by atoms with Crippen molar-refractivity contribution in [1.29, 1.82) is 0 Å². The van der Waals surface area contributed by atoms with Gasteiger partial charge in [0.15, 0.2) is 0 Å². The highest BCUT2D eigenvalue weighted by Gasteiger charge is 2.18. The highest BCUT2D eigenvalue weighted by Crippen LogP contribution is 2.06. The zero-order valence-corrected chi connectivity index (χ0v) is 8.57. The third kappa shape index (κ3) is 3.16. The van der Waals surface area contributed by atoms with Gasteiger partial charge in [-0.1, -0.05) is 0 Å². The third-order valence-corrected chi connectivity index (χ3v) is 2.50. The molecule has 1 rings (SSSR count). The molecular formula is C9H19N3O2. The molecule has 0 aliphatic carbocycles. The normalized spacial score (nSPS) is 20.6. The Balaban J connectivity index is 2.20. The SMILES string of the molecule is CC(O)C(N)CNC(=O)N1CCCC1. The number of nitrogens with one attached hydrogen (secondary N) is 1. The zero-order chi connectivity index (χ0) is 10.6. The van der Waals surface area contributed by atoms with Gasteiger partial charge in [0.25, 0.3) is 0 Å². The number of amides is 2. The van der Waals surface area contributed by atoms with Crippen LogP contribution in [0.1, 0.15) is 19.8 Å². The molecule has 2 unspecified atom stereocenters. The smallest absolute Gasteiger partial charge is 0.317 e. The topological polar surface area (TPSA) is 78.6 Å². The monoisotopic (exact) mass is 201 g/mol. The molecule has 0 aromatic rings. The second-order valence-electron chi connectivity index (χ2n) is 3.78. The first-order valence-electron chi connectivity index (χ1n) is 5.07. The number of carbonyl (C=O) groups is 1. The van der Waals surface area contributed by atoms with Crippen LogP contribution in [0.5, 0.6) is 0 Å². The molecule has 0 aromatic carbocycles. The summed E-state index contributed by atoms with van der Waals surface area (Å²) in [5.74, 6) is 0. The summed E-state index contributed by atoms with van der Waals surface area (Å²) in [6.07, 6.45) is 1.57. The van der Waals surface area contributed by atoms with E-state index in [-0.39, 0.29) is 12.1 Å². The zero-order valence-electron chi connectivity index (χ0n) is 8.57. The summed E-state index contributed by atoms with van der Waals surface area (Å²) in [7, 11) is 0. The average molecular weight is 201 g/mol. The quantitative estimate of drug-likeness (QED) is 0.576. The van der Waals surface area contributed by atoms with Crippen LogP contribution in [0.4, 0.5) is 4.79 Å². The summed E-state index contributed by atoms with van der Waals surface area (Å²) in [5, 5.41) is 11.8. The molecule has 5 nitrogen and oxygen atoms in total. The van der Waals surface area contributed by atoms with Gasteiger partial charge in [-0.2, -0.15) is 0 Å². The first-order chi connectivity index (χ1) is 6.61. The molecule has 1 heterocycles. The van der Waals surface area contributed by atoms with Crippen molar-refractivity contribution in [2.45, 2.75) is 31.9 Å². The minimum atomic E-state index is -0.589. The van der Waals surface area contributed by atoms with Crippen LogP contribution in [0.3, 0.4) is 0 Å². The number of hydrogen-bond donors (Lipinski definition) is 3. The van der Waals surface area contributed by atoms with Crippen LogP contribution in [0.25, 0.3) is 0 Å². The Kier molecular flexibility index (Phi) is 4.16. The molecule has 1 fully saturated rings. The fraction of sp³-hybridized carbons (Fsp3) is 0.889. The summed E-state index contributed by atoms with van der Waals surface area (Å²) in [6.45, 7) is 3.60. The molecule has 0 spiro atoms. The Morgan fingerprint density at radius 1 is 1.57 bits per heavy atom. The lowest BCUT2D eigenvalue weighted by Crippen LogP contribution is -2.47. The van der Waals surface area contributed by atoms with Gasteiger partial charge in [0, 0.05) is 25.7 Å². The molecule has 2 amide bonds. The van der Waals surface area contributed by atoms with E-state index in [1.165, 1.54) is 0 Å². The number of hydrogen-bond acceptors (Lipinski definition) is 3. The van der Waals surface area contributed by atoms with Crippen molar-refractivity contribution < 1.29 is 9.90 Å². The summed E-state index contributed by atoms with van der Waals surface area (Å²) < 4.78 is 0. The molecule has 0 radical (unpaired) electrons. The summed E-state index contributed by atoms with van der Waals surface area (Å²) >= 11 is 0. The second kappa shape index (κ2) is 5.17. The van der Waals surface area contributed by atoms with Crippen LogP contribution in [-0.4, -0.2) is 47.8 Å². The number of rotatable bonds is 3. The molecule has 1 aliphatic rings. The standard InChI is InChI=1S/C9H19N3O2/c1-7(13)8(10)6-11-9(14)12-4-2-3-5-12/h7-8,13H,2-6,10H2,1H3,(H,11,14). The van der Waals surface area contributed by atoms with E-state index in [1.807, 2.05) is 0 Å². The first kappa shape index (κ1) is 11.3. The van der Waals surface area contributed by atoms with E-state index in [0.29, 0.717) is 6.54 Å². The van der Waals surface area contributed by atoms with E-state index in [1.54, 1.807) is 11.8 Å². The Bertz CT molecular complexity index is 190. The number of urea groups is 1. The summed E-state index contributed by atoms with van der Waals surface area (Å²) in [6, 6.07) is -0.458. The minimum absolute atomic E-state index is 0.0707. The third-order valence-electron chi connectivity index (χ3n) is 2.50. The van der Waals surface area contributed by atoms with Crippen LogP contribution in [-0.2, 0) is 0 Å². The van der Waals surface area contributed by atoms with E-state index in [0.717, 1.165) is 25.9 Å². The van der Waals surface area contributed by atoms with Crippen LogP contribution < -0.4 is 11.1 Å². The lowest BCUT2D eigenvalue weighted by atomic mass is 10.2. The molecule has 4 N–H and O–H groups in total. The highest BCUT2D eigenvalue weighted by molar-refractivity contribution is 5.74. The summed E-state index contributed by atoms with van der Waals surface area (Å²) in [5.41, 5.74) is 5.58. The van der Waals surface area contributed by atoms with Gasteiger partial charge in [-0.05, 0) is 19.8 Å². The lowest BCUT2D eigenvalue weighted by molar-refractivity contribution is 0.159. The van der Waals surface area contributed by atoms with Gasteiger partial charge in [-0.25, -0.2) is 4.79 Å². The van der Waals surface area contributed by atoms with Gasteiger partial charge in [-0.15, -0.1) is 0 Å². The van der Waals surface area contributed by atoms with E-state index in [9.17, 15) is 4.79 Å². The molecule has 2 atom stereocenters. The van der Waals surface area contributed by atoms with Crippen LogP contribution in [0.15, 0.2) is 0 Å². The lowest BCUT2D eigenvalue weighted by Gasteiger charge is -2.19. The first-order valence-corrected chi connectivity index (χ1v) is 5.07. The van der Waals surface area contributed by atoms with Gasteiger partial charge < -0.3 is 21.1 Å². The largest absolute Gasteiger partial charge is 0.392 e. The van der Waals surface area contributed by atoms with E-state index in [4.69, 9.17) is 10.8 Å². The molecule has 0 aromatic heterocycles. The van der Waals surface area contributed by atoms with E-state index < -0.39 is 6.10 Å². The number of nitrogens with zero attached hydrogens (tertiary/aromatic N) is 1. The number of aliphatic hydroxyl groups is 1. The van der Waals surface area contributed by atoms with Gasteiger partial charge in [0.05, 0.1) is 6.10 Å². The molecular weight excluding hydrogens is 182 g/mol. The predicted molar refractivity (Wildman–Crippen MR) is 53.9 cm³/mol. The fourth-order valence-corrected chi connectivity index (χ4v) is 1.41. The van der Waals surface area contributed by atoms with Crippen molar-refractivity contribution in [2.75, 3.05) is 19.6 Å². The van der Waals surface area contributed by atoms with Gasteiger partial charge in [-0.3, -0.25) is 0 Å². The van der Waals surface area contributed by atoms with Crippen LogP contribution in [0.2, 0.25) is 0 Å². The van der Waals surface area contributed by atoms with E-state index >= 15 is 0 Å². The van der Waals surface area contributed by atoms with E-state index in [2.05, 4.69) is 5.32 Å². The summed E-state index contributed by atoms with van der Waals surface area (Å²) in [4.78, 5) is 13.2. The number of nitrogens with two attached hydrogens (primary N) is 1. The van der Waals surface area contributed by atoms with Crippen molar-refractivity contribution in [3.05, 3.63) is 0 Å². The van der Waals surface area contributed by atoms with Gasteiger partial charge in [0.2, 0.25) is 0 Å².